The number of benzene rings is 1. The Morgan fingerprint density at radius 2 is 2.23 bits per heavy atom. The molecular formula is C12H14S. The van der Waals surface area contributed by atoms with Crippen LogP contribution in [0.4, 0.5) is 0 Å². The molecule has 0 aromatic heterocycles. The van der Waals surface area contributed by atoms with E-state index < -0.39 is 0 Å². The Kier molecular flexibility index (Phi) is 2.45. The van der Waals surface area contributed by atoms with Gasteiger partial charge in [0.25, 0.3) is 0 Å². The van der Waals surface area contributed by atoms with E-state index in [2.05, 4.69) is 31.0 Å². The van der Waals surface area contributed by atoms with Crippen LogP contribution in [0, 0.1) is 0 Å². The largest absolute Gasteiger partial charge is 0.129 e. The van der Waals surface area contributed by atoms with Gasteiger partial charge in [0, 0.05) is 4.90 Å². The van der Waals surface area contributed by atoms with Crippen LogP contribution in [0.15, 0.2) is 29.7 Å². The van der Waals surface area contributed by atoms with Crippen LogP contribution in [0.3, 0.4) is 0 Å². The first-order valence-electron chi connectivity index (χ1n) is 4.66. The summed E-state index contributed by atoms with van der Waals surface area (Å²) < 4.78 is 0. The summed E-state index contributed by atoms with van der Waals surface area (Å²) in [4.78, 5) is 1.43. The molecule has 0 nitrogen and oxygen atoms in total. The van der Waals surface area contributed by atoms with Gasteiger partial charge < -0.3 is 0 Å². The molecule has 0 atom stereocenters. The molecule has 1 fully saturated rings. The van der Waals surface area contributed by atoms with Gasteiger partial charge in [-0.1, -0.05) is 24.8 Å². The molecule has 0 aliphatic heterocycles. The van der Waals surface area contributed by atoms with Gasteiger partial charge in [0.15, 0.2) is 0 Å². The van der Waals surface area contributed by atoms with Crippen molar-refractivity contribution in [3.05, 3.63) is 35.9 Å². The highest BCUT2D eigenvalue weighted by Gasteiger charge is 2.27. The molecule has 0 unspecified atom stereocenters. The van der Waals surface area contributed by atoms with E-state index in [1.165, 1.54) is 28.9 Å². The van der Waals surface area contributed by atoms with Crippen molar-refractivity contribution in [3.63, 3.8) is 0 Å². The summed E-state index contributed by atoms with van der Waals surface area (Å²) in [5.74, 6) is 0.816. The second-order valence-electron chi connectivity index (χ2n) is 3.44. The van der Waals surface area contributed by atoms with Crippen LogP contribution in [0.1, 0.15) is 29.9 Å². The zero-order valence-corrected chi connectivity index (χ0v) is 8.73. The van der Waals surface area contributed by atoms with Gasteiger partial charge in [-0.05, 0) is 42.2 Å². The SMILES string of the molecule is C=Cc1cccc(SC)c1C1CC1. The highest BCUT2D eigenvalue weighted by atomic mass is 32.2. The molecule has 2 rings (SSSR count). The fourth-order valence-electron chi connectivity index (χ4n) is 1.73. The van der Waals surface area contributed by atoms with Crippen LogP contribution in [0.25, 0.3) is 6.08 Å². The predicted molar refractivity (Wildman–Crippen MR) is 60.3 cm³/mol. The maximum Gasteiger partial charge on any atom is 0.0110 e. The molecule has 0 saturated heterocycles. The molecule has 1 aliphatic carbocycles. The van der Waals surface area contributed by atoms with Crippen LogP contribution in [0.2, 0.25) is 0 Å². The molecule has 0 spiro atoms. The first-order chi connectivity index (χ1) is 6.36. The van der Waals surface area contributed by atoms with E-state index in [0.29, 0.717) is 0 Å². The molecule has 1 aliphatic rings. The van der Waals surface area contributed by atoms with Crippen LogP contribution in [-0.2, 0) is 0 Å². The Labute approximate surface area is 84.0 Å². The molecule has 1 heteroatoms. The Morgan fingerprint density at radius 3 is 2.77 bits per heavy atom. The first-order valence-corrected chi connectivity index (χ1v) is 5.88. The molecule has 1 saturated carbocycles. The second-order valence-corrected chi connectivity index (χ2v) is 4.29. The van der Waals surface area contributed by atoms with Crippen molar-refractivity contribution in [2.24, 2.45) is 0 Å². The Hall–Kier alpha value is -0.690. The summed E-state index contributed by atoms with van der Waals surface area (Å²) in [6.45, 7) is 3.87. The van der Waals surface area contributed by atoms with E-state index in [9.17, 15) is 0 Å². The monoisotopic (exact) mass is 190 g/mol. The number of hydrogen-bond acceptors (Lipinski definition) is 1. The summed E-state index contributed by atoms with van der Waals surface area (Å²) in [6.07, 6.45) is 6.85. The zero-order chi connectivity index (χ0) is 9.26. The summed E-state index contributed by atoms with van der Waals surface area (Å²) in [5.41, 5.74) is 2.86. The second kappa shape index (κ2) is 3.59. The predicted octanol–water partition coefficient (Wildman–Crippen LogP) is 3.93. The van der Waals surface area contributed by atoms with Crippen molar-refractivity contribution < 1.29 is 0 Å². The van der Waals surface area contributed by atoms with E-state index >= 15 is 0 Å². The van der Waals surface area contributed by atoms with Gasteiger partial charge in [-0.25, -0.2) is 0 Å². The number of thioether (sulfide) groups is 1. The minimum Gasteiger partial charge on any atom is -0.129 e. The highest BCUT2D eigenvalue weighted by Crippen LogP contribution is 2.45. The average Bonchev–Trinajstić information content (AvgIpc) is 3.00. The van der Waals surface area contributed by atoms with Gasteiger partial charge >= 0.3 is 0 Å². The molecule has 0 radical (unpaired) electrons. The molecular weight excluding hydrogens is 176 g/mol. The molecule has 0 N–H and O–H groups in total. The van der Waals surface area contributed by atoms with Crippen LogP contribution in [0.5, 0.6) is 0 Å². The van der Waals surface area contributed by atoms with Crippen molar-refractivity contribution in [1.29, 1.82) is 0 Å². The quantitative estimate of drug-likeness (QED) is 0.651. The summed E-state index contributed by atoms with van der Waals surface area (Å²) in [5, 5.41) is 0. The van der Waals surface area contributed by atoms with Crippen molar-refractivity contribution in [3.8, 4) is 0 Å². The van der Waals surface area contributed by atoms with Crippen LogP contribution < -0.4 is 0 Å². The molecule has 0 amide bonds. The minimum absolute atomic E-state index is 0.816. The molecule has 13 heavy (non-hydrogen) atoms. The Balaban J connectivity index is 2.50. The Bertz CT molecular complexity index is 324. The number of rotatable bonds is 3. The van der Waals surface area contributed by atoms with Crippen LogP contribution in [-0.4, -0.2) is 6.26 Å². The lowest BCUT2D eigenvalue weighted by molar-refractivity contribution is 1.06. The van der Waals surface area contributed by atoms with E-state index in [1.807, 2.05) is 17.8 Å². The van der Waals surface area contributed by atoms with Crippen LogP contribution >= 0.6 is 11.8 Å². The van der Waals surface area contributed by atoms with Gasteiger partial charge in [-0.2, -0.15) is 0 Å². The molecule has 0 heterocycles. The normalized spacial score (nSPS) is 15.8. The molecule has 1 aromatic carbocycles. The first kappa shape index (κ1) is 8.89. The lowest BCUT2D eigenvalue weighted by Gasteiger charge is -2.09. The fourth-order valence-corrected chi connectivity index (χ4v) is 2.44. The van der Waals surface area contributed by atoms with E-state index in [-0.39, 0.29) is 0 Å². The van der Waals surface area contributed by atoms with Gasteiger partial charge in [0.1, 0.15) is 0 Å². The summed E-state index contributed by atoms with van der Waals surface area (Å²) in [7, 11) is 0. The lowest BCUT2D eigenvalue weighted by atomic mass is 10.0. The van der Waals surface area contributed by atoms with Gasteiger partial charge in [0.05, 0.1) is 0 Å². The number of hydrogen-bond donors (Lipinski definition) is 0. The topological polar surface area (TPSA) is 0 Å². The third-order valence-corrected chi connectivity index (χ3v) is 3.32. The van der Waals surface area contributed by atoms with E-state index in [1.54, 1.807) is 0 Å². The third kappa shape index (κ3) is 1.66. The van der Waals surface area contributed by atoms with Crippen molar-refractivity contribution >= 4 is 17.8 Å². The van der Waals surface area contributed by atoms with Crippen molar-refractivity contribution in [2.75, 3.05) is 6.26 Å². The summed E-state index contributed by atoms with van der Waals surface area (Å²) >= 11 is 1.85. The minimum atomic E-state index is 0.816. The molecule has 68 valence electrons. The Morgan fingerprint density at radius 1 is 1.46 bits per heavy atom. The van der Waals surface area contributed by atoms with E-state index in [4.69, 9.17) is 0 Å². The standard InChI is InChI=1S/C12H14S/c1-3-9-5-4-6-11(13-2)12(9)10-7-8-10/h3-6,10H,1,7-8H2,2H3. The van der Waals surface area contributed by atoms with Gasteiger partial charge in [0.2, 0.25) is 0 Å². The van der Waals surface area contributed by atoms with E-state index in [0.717, 1.165) is 5.92 Å². The fraction of sp³-hybridized carbons (Fsp3) is 0.333. The average molecular weight is 190 g/mol. The van der Waals surface area contributed by atoms with Crippen molar-refractivity contribution in [2.45, 2.75) is 23.7 Å². The third-order valence-electron chi connectivity index (χ3n) is 2.53. The maximum atomic E-state index is 3.87. The van der Waals surface area contributed by atoms with Crippen molar-refractivity contribution in [1.82, 2.24) is 0 Å². The lowest BCUT2D eigenvalue weighted by Crippen LogP contribution is -1.88. The zero-order valence-electron chi connectivity index (χ0n) is 7.92. The van der Waals surface area contributed by atoms with Gasteiger partial charge in [-0.15, -0.1) is 11.8 Å². The highest BCUT2D eigenvalue weighted by molar-refractivity contribution is 7.98. The smallest absolute Gasteiger partial charge is 0.0110 e. The summed E-state index contributed by atoms with van der Waals surface area (Å²) in [6, 6.07) is 6.50. The molecule has 1 aromatic rings. The van der Waals surface area contributed by atoms with Gasteiger partial charge in [-0.3, -0.25) is 0 Å². The molecule has 0 bridgehead atoms. The maximum absolute atomic E-state index is 3.87.